The van der Waals surface area contributed by atoms with E-state index in [1.165, 1.54) is 10.4 Å². The van der Waals surface area contributed by atoms with Crippen molar-refractivity contribution in [3.8, 4) is 12.0 Å². The van der Waals surface area contributed by atoms with Crippen molar-refractivity contribution in [3.05, 3.63) is 143 Å². The summed E-state index contributed by atoms with van der Waals surface area (Å²) >= 11 is 0. The molecule has 0 saturated heterocycles. The number of hydrogen-bond acceptors (Lipinski definition) is 6. The summed E-state index contributed by atoms with van der Waals surface area (Å²) in [6.07, 6.45) is 4.60. The van der Waals surface area contributed by atoms with E-state index in [0.29, 0.717) is 29.1 Å². The molecule has 0 saturated carbocycles. The maximum absolute atomic E-state index is 14.1. The lowest BCUT2D eigenvalue weighted by Crippen LogP contribution is -2.67. The first-order valence-corrected chi connectivity index (χ1v) is 18.8. The molecular formula is C40H37N7O2Si. The minimum Gasteiger partial charge on any atom is -0.400 e. The van der Waals surface area contributed by atoms with Crippen molar-refractivity contribution in [2.45, 2.75) is 50.8 Å². The predicted molar refractivity (Wildman–Crippen MR) is 197 cm³/mol. The molecule has 1 aliphatic rings. The molecule has 0 radical (unpaired) electrons. The number of rotatable bonds is 6. The Morgan fingerprint density at radius 2 is 1.50 bits per heavy atom. The molecule has 0 bridgehead atoms. The fourth-order valence-electron chi connectivity index (χ4n) is 7.78. The van der Waals surface area contributed by atoms with Gasteiger partial charge in [-0.15, -0.1) is 0 Å². The van der Waals surface area contributed by atoms with Gasteiger partial charge in [0.25, 0.3) is 8.32 Å². The van der Waals surface area contributed by atoms with E-state index in [4.69, 9.17) is 9.41 Å². The zero-order valence-corrected chi connectivity index (χ0v) is 29.5. The normalized spacial score (nSPS) is 16.4. The van der Waals surface area contributed by atoms with Crippen molar-refractivity contribution in [3.63, 3.8) is 0 Å². The summed E-state index contributed by atoms with van der Waals surface area (Å²) in [7, 11) is -1.08. The van der Waals surface area contributed by atoms with Crippen LogP contribution in [0.2, 0.25) is 5.04 Å². The zero-order chi connectivity index (χ0) is 34.6. The van der Waals surface area contributed by atoms with Crippen LogP contribution in [0.1, 0.15) is 62.4 Å². The Bertz CT molecular complexity index is 2430. The molecule has 1 aliphatic carbocycles. The van der Waals surface area contributed by atoms with Crippen molar-refractivity contribution in [2.24, 2.45) is 7.05 Å². The van der Waals surface area contributed by atoms with Gasteiger partial charge >= 0.3 is 5.69 Å². The smallest absolute Gasteiger partial charge is 0.330 e. The highest BCUT2D eigenvalue weighted by Gasteiger charge is 2.52. The summed E-state index contributed by atoms with van der Waals surface area (Å²) in [6, 6.07) is 37.1. The number of nitriles is 1. The van der Waals surface area contributed by atoms with Crippen LogP contribution in [-0.2, 0) is 11.5 Å². The average Bonchev–Trinajstić information content (AvgIpc) is 3.67. The second kappa shape index (κ2) is 12.1. The maximum Gasteiger partial charge on any atom is 0.330 e. The van der Waals surface area contributed by atoms with E-state index >= 15 is 0 Å². The third-order valence-corrected chi connectivity index (χ3v) is 15.2. The molecule has 9 nitrogen and oxygen atoms in total. The summed E-state index contributed by atoms with van der Waals surface area (Å²) < 4.78 is 12.9. The lowest BCUT2D eigenvalue weighted by molar-refractivity contribution is 0.160. The largest absolute Gasteiger partial charge is 0.400 e. The van der Waals surface area contributed by atoms with Crippen LogP contribution < -0.4 is 16.1 Å². The lowest BCUT2D eigenvalue weighted by Gasteiger charge is -2.46. The standard InChI is InChI=1S/C40H37N7O2Si/c1-40(2,3)50(28-13-7-5-8-14-28,29-15-9-6-10-16-29)49-36-22-21-33(30-17-11-12-18-31(30)36)47-37-35(45(4)39(47)48)25-42-38(44-37)46-26-43-32-20-19-27(24-41)23-34(32)46/h5-20,23,25-26,33,36H,21-22H2,1-4H3/t33-,36-/m1/s1. The van der Waals surface area contributed by atoms with Gasteiger partial charge in [0.15, 0.2) is 5.65 Å². The first-order chi connectivity index (χ1) is 24.2. The number of hydrogen-bond donors (Lipinski definition) is 0. The van der Waals surface area contributed by atoms with Crippen molar-refractivity contribution < 1.29 is 4.43 Å². The Morgan fingerprint density at radius 1 is 0.840 bits per heavy atom. The van der Waals surface area contributed by atoms with E-state index in [2.05, 4.69) is 116 Å². The summed E-state index contributed by atoms with van der Waals surface area (Å²) in [5.41, 5.74) is 5.16. The number of nitrogens with zero attached hydrogens (tertiary/aromatic N) is 7. The quantitative estimate of drug-likeness (QED) is 0.191. The minimum absolute atomic E-state index is 0.153. The second-order valence-electron chi connectivity index (χ2n) is 14.0. The molecule has 0 amide bonds. The summed E-state index contributed by atoms with van der Waals surface area (Å²) in [5.74, 6) is 0.381. The SMILES string of the molecule is Cn1c(=O)n([C@@H]2CC[C@@H](O[Si](c3ccccc3)(c3ccccc3)C(C)(C)C)c3ccccc32)c2nc(-n3cnc4ccc(C#N)cc43)ncc21. The van der Waals surface area contributed by atoms with Crippen molar-refractivity contribution >= 4 is 40.9 Å². The van der Waals surface area contributed by atoms with Crippen LogP contribution in [0.4, 0.5) is 0 Å². The average molecular weight is 676 g/mol. The van der Waals surface area contributed by atoms with E-state index < -0.39 is 8.32 Å². The van der Waals surface area contributed by atoms with Crippen LogP contribution in [-0.4, -0.2) is 37.0 Å². The Hall–Kier alpha value is -5.63. The van der Waals surface area contributed by atoms with Gasteiger partial charge in [0.2, 0.25) is 5.95 Å². The molecule has 3 heterocycles. The fraction of sp³-hybridized carbons (Fsp3) is 0.225. The number of fused-ring (bicyclic) bond motifs is 3. The molecule has 4 aromatic carbocycles. The van der Waals surface area contributed by atoms with Gasteiger partial charge in [0.1, 0.15) is 11.8 Å². The zero-order valence-electron chi connectivity index (χ0n) is 28.5. The minimum atomic E-state index is -2.85. The summed E-state index contributed by atoms with van der Waals surface area (Å²) in [4.78, 5) is 28.2. The molecule has 248 valence electrons. The Kier molecular flexibility index (Phi) is 7.62. The predicted octanol–water partition coefficient (Wildman–Crippen LogP) is 6.34. The Morgan fingerprint density at radius 3 is 2.16 bits per heavy atom. The van der Waals surface area contributed by atoms with E-state index in [1.807, 2.05) is 16.7 Å². The van der Waals surface area contributed by atoms with Gasteiger partial charge in [-0.1, -0.05) is 106 Å². The van der Waals surface area contributed by atoms with E-state index in [0.717, 1.165) is 28.6 Å². The van der Waals surface area contributed by atoms with E-state index in [9.17, 15) is 10.1 Å². The highest BCUT2D eigenvalue weighted by Crippen LogP contribution is 2.46. The highest BCUT2D eigenvalue weighted by molar-refractivity contribution is 6.99. The molecule has 0 spiro atoms. The molecule has 3 aromatic heterocycles. The fourth-order valence-corrected chi connectivity index (χ4v) is 12.5. The van der Waals surface area contributed by atoms with Gasteiger partial charge in [-0.3, -0.25) is 13.7 Å². The number of imidazole rings is 2. The van der Waals surface area contributed by atoms with Gasteiger partial charge in [-0.2, -0.15) is 10.2 Å². The second-order valence-corrected chi connectivity index (χ2v) is 18.3. The summed E-state index contributed by atoms with van der Waals surface area (Å²) in [6.45, 7) is 6.90. The molecule has 0 aliphatic heterocycles. The molecule has 7 aromatic rings. The Balaban J connectivity index is 1.25. The van der Waals surface area contributed by atoms with Crippen LogP contribution >= 0.6 is 0 Å². The van der Waals surface area contributed by atoms with Gasteiger partial charge in [-0.05, 0) is 57.6 Å². The first-order valence-electron chi connectivity index (χ1n) is 16.9. The third kappa shape index (κ3) is 4.92. The van der Waals surface area contributed by atoms with Crippen molar-refractivity contribution in [1.29, 1.82) is 5.26 Å². The molecular weight excluding hydrogens is 639 g/mol. The van der Waals surface area contributed by atoms with Gasteiger partial charge in [-0.25, -0.2) is 14.8 Å². The molecule has 0 fully saturated rings. The number of benzene rings is 4. The summed E-state index contributed by atoms with van der Waals surface area (Å²) in [5, 5.41) is 11.8. The van der Waals surface area contributed by atoms with Crippen LogP contribution in [0.25, 0.3) is 28.1 Å². The molecule has 8 rings (SSSR count). The third-order valence-electron chi connectivity index (χ3n) is 10.2. The number of aryl methyl sites for hydroxylation is 1. The van der Waals surface area contributed by atoms with Crippen molar-refractivity contribution in [2.75, 3.05) is 0 Å². The first kappa shape index (κ1) is 31.6. The molecule has 10 heteroatoms. The van der Waals surface area contributed by atoms with Crippen LogP contribution in [0.3, 0.4) is 0 Å². The van der Waals surface area contributed by atoms with Crippen LogP contribution in [0, 0.1) is 11.3 Å². The Labute approximate surface area is 291 Å². The van der Waals surface area contributed by atoms with Gasteiger partial charge in [0.05, 0.1) is 41.0 Å². The maximum atomic E-state index is 14.1. The molecule has 50 heavy (non-hydrogen) atoms. The van der Waals surface area contributed by atoms with E-state index in [1.54, 1.807) is 40.8 Å². The molecule has 0 N–H and O–H groups in total. The lowest BCUT2D eigenvalue weighted by atomic mass is 9.85. The van der Waals surface area contributed by atoms with Crippen LogP contribution in [0.15, 0.2) is 120 Å². The number of aromatic nitrogens is 6. The van der Waals surface area contributed by atoms with Crippen LogP contribution in [0.5, 0.6) is 0 Å². The van der Waals surface area contributed by atoms with Gasteiger partial charge in [0, 0.05) is 7.05 Å². The molecule has 2 atom stereocenters. The topological polar surface area (TPSA) is 104 Å². The molecule has 0 unspecified atom stereocenters. The van der Waals surface area contributed by atoms with E-state index in [-0.39, 0.29) is 22.9 Å². The monoisotopic (exact) mass is 675 g/mol. The van der Waals surface area contributed by atoms with Crippen molar-refractivity contribution in [1.82, 2.24) is 28.7 Å². The van der Waals surface area contributed by atoms with Gasteiger partial charge < -0.3 is 4.43 Å². The highest BCUT2D eigenvalue weighted by atomic mass is 28.4.